The maximum atomic E-state index is 12.8. The Labute approximate surface area is 131 Å². The van der Waals surface area contributed by atoms with Gasteiger partial charge in [-0.1, -0.05) is 0 Å². The number of fused-ring (bicyclic) bond motifs is 1. The highest BCUT2D eigenvalue weighted by Crippen LogP contribution is 2.38. The molecule has 2 heterocycles. The zero-order valence-electron chi connectivity index (χ0n) is 12.6. The van der Waals surface area contributed by atoms with Crippen molar-refractivity contribution in [3.8, 4) is 0 Å². The molecule has 122 valence electrons. The Morgan fingerprint density at radius 3 is 2.61 bits per heavy atom. The van der Waals surface area contributed by atoms with Crippen LogP contribution in [0.15, 0.2) is 27.4 Å². The van der Waals surface area contributed by atoms with Crippen LogP contribution in [0.5, 0.6) is 0 Å². The quantitative estimate of drug-likeness (QED) is 0.805. The molecule has 2 N–H and O–H groups in total. The minimum Gasteiger partial charge on any atom is -0.407 e. The summed E-state index contributed by atoms with van der Waals surface area (Å²) < 4.78 is 17.6. The van der Waals surface area contributed by atoms with Crippen molar-refractivity contribution in [3.63, 3.8) is 0 Å². The molecule has 7 heteroatoms. The minimum absolute atomic E-state index is 0.230. The molecule has 2 aromatic rings. The van der Waals surface area contributed by atoms with E-state index in [0.717, 1.165) is 4.57 Å². The molecule has 0 radical (unpaired) electrons. The summed E-state index contributed by atoms with van der Waals surface area (Å²) in [5, 5.41) is 0. The van der Waals surface area contributed by atoms with Gasteiger partial charge in [-0.25, -0.2) is 9.36 Å². The number of hydrogen-bond acceptors (Lipinski definition) is 6. The molecular weight excluding hydrogens is 300 g/mol. The van der Waals surface area contributed by atoms with Gasteiger partial charge < -0.3 is 19.6 Å². The number of nitrogen functional groups attached to an aromatic ring is 1. The van der Waals surface area contributed by atoms with Crippen LogP contribution in [0.3, 0.4) is 0 Å². The molecule has 0 unspecified atom stereocenters. The highest BCUT2D eigenvalue weighted by atomic mass is 16.7. The summed E-state index contributed by atoms with van der Waals surface area (Å²) in [6.07, 6.45) is 2.60. The second kappa shape index (κ2) is 5.21. The zero-order chi connectivity index (χ0) is 16.0. The van der Waals surface area contributed by atoms with Crippen LogP contribution < -0.4 is 11.5 Å². The number of anilines is 1. The number of nitrogens with two attached hydrogens (primary N) is 1. The molecule has 1 aliphatic carbocycles. The van der Waals surface area contributed by atoms with E-state index in [-0.39, 0.29) is 11.8 Å². The van der Waals surface area contributed by atoms with Crippen molar-refractivity contribution in [2.75, 3.05) is 18.9 Å². The van der Waals surface area contributed by atoms with Crippen LogP contribution in [0.4, 0.5) is 5.69 Å². The summed E-state index contributed by atoms with van der Waals surface area (Å²) in [5.74, 6) is -1.64. The molecule has 1 aromatic heterocycles. The number of ether oxygens (including phenoxy) is 2. The van der Waals surface area contributed by atoms with Crippen molar-refractivity contribution < 1.29 is 18.7 Å². The van der Waals surface area contributed by atoms with E-state index < -0.39 is 11.5 Å². The van der Waals surface area contributed by atoms with E-state index in [4.69, 9.17) is 19.6 Å². The second-order valence-electron chi connectivity index (χ2n) is 6.15. The van der Waals surface area contributed by atoms with Crippen LogP contribution in [0.25, 0.3) is 11.1 Å². The number of carbonyl (C=O) groups is 1. The van der Waals surface area contributed by atoms with Gasteiger partial charge in [0.05, 0.1) is 18.7 Å². The van der Waals surface area contributed by atoms with Crippen molar-refractivity contribution in [2.24, 2.45) is 5.92 Å². The van der Waals surface area contributed by atoms with Crippen LogP contribution in [0, 0.1) is 5.92 Å². The lowest BCUT2D eigenvalue weighted by Crippen LogP contribution is -2.39. The van der Waals surface area contributed by atoms with Gasteiger partial charge in [-0.3, -0.25) is 4.79 Å². The Bertz CT molecular complexity index is 805. The fourth-order valence-electron chi connectivity index (χ4n) is 3.52. The third-order valence-corrected chi connectivity index (χ3v) is 4.74. The summed E-state index contributed by atoms with van der Waals surface area (Å²) in [4.78, 5) is 24.8. The van der Waals surface area contributed by atoms with Crippen LogP contribution in [0.1, 0.15) is 30.5 Å². The van der Waals surface area contributed by atoms with E-state index in [1.165, 1.54) is 0 Å². The Hall–Kier alpha value is -2.12. The molecule has 1 aliphatic heterocycles. The maximum absolute atomic E-state index is 12.8. The van der Waals surface area contributed by atoms with Crippen LogP contribution in [-0.4, -0.2) is 29.5 Å². The molecule has 2 fully saturated rings. The van der Waals surface area contributed by atoms with Crippen LogP contribution in [-0.2, 0) is 9.47 Å². The van der Waals surface area contributed by atoms with E-state index in [1.54, 1.807) is 18.2 Å². The molecule has 2 aliphatic rings. The van der Waals surface area contributed by atoms with Crippen molar-refractivity contribution in [2.45, 2.75) is 31.5 Å². The monoisotopic (exact) mass is 318 g/mol. The molecule has 1 aromatic carbocycles. The fraction of sp³-hybridized carbons (Fsp3) is 0.500. The number of rotatable bonds is 1. The SMILES string of the molecule is Nc1ccc2c(c1)oc(=O)n2C(=O)C1CCC2(CC1)OCCO2. The summed E-state index contributed by atoms with van der Waals surface area (Å²) in [6.45, 7) is 1.21. The normalized spacial score (nSPS) is 21.2. The van der Waals surface area contributed by atoms with Gasteiger partial charge in [-0.2, -0.15) is 0 Å². The van der Waals surface area contributed by atoms with Gasteiger partial charge in [0.1, 0.15) is 0 Å². The van der Waals surface area contributed by atoms with Gasteiger partial charge in [0, 0.05) is 30.5 Å². The minimum atomic E-state index is -0.663. The van der Waals surface area contributed by atoms with E-state index in [0.29, 0.717) is 55.7 Å². The summed E-state index contributed by atoms with van der Waals surface area (Å²) in [5.41, 5.74) is 6.96. The van der Waals surface area contributed by atoms with E-state index >= 15 is 0 Å². The first kappa shape index (κ1) is 14.5. The van der Waals surface area contributed by atoms with E-state index in [9.17, 15) is 9.59 Å². The molecule has 1 spiro atoms. The van der Waals surface area contributed by atoms with Gasteiger partial charge in [0.15, 0.2) is 11.4 Å². The standard InChI is InChI=1S/C16H18N2O5/c17-11-1-2-12-13(9-11)23-15(20)18(12)14(19)10-3-5-16(6-4-10)21-7-8-22-16/h1-2,9-10H,3-8,17H2. The lowest BCUT2D eigenvalue weighted by Gasteiger charge is -2.34. The summed E-state index contributed by atoms with van der Waals surface area (Å²) in [7, 11) is 0. The predicted molar refractivity (Wildman–Crippen MR) is 82.1 cm³/mol. The average molecular weight is 318 g/mol. The molecule has 1 saturated heterocycles. The molecule has 0 bridgehead atoms. The van der Waals surface area contributed by atoms with E-state index in [2.05, 4.69) is 0 Å². The van der Waals surface area contributed by atoms with Crippen molar-refractivity contribution >= 4 is 22.7 Å². The smallest absolute Gasteiger partial charge is 0.407 e. The van der Waals surface area contributed by atoms with Crippen LogP contribution in [0.2, 0.25) is 0 Å². The lowest BCUT2D eigenvalue weighted by atomic mass is 9.84. The van der Waals surface area contributed by atoms with Crippen molar-refractivity contribution in [1.82, 2.24) is 4.57 Å². The molecule has 0 amide bonds. The third kappa shape index (κ3) is 2.36. The number of hydrogen-bond donors (Lipinski definition) is 1. The largest absolute Gasteiger partial charge is 0.426 e. The maximum Gasteiger partial charge on any atom is 0.426 e. The molecule has 1 saturated carbocycles. The first-order valence-corrected chi connectivity index (χ1v) is 7.81. The highest BCUT2D eigenvalue weighted by molar-refractivity contribution is 5.91. The molecule has 0 atom stereocenters. The average Bonchev–Trinajstić information content (AvgIpc) is 3.11. The topological polar surface area (TPSA) is 96.7 Å². The molecule has 7 nitrogen and oxygen atoms in total. The molecule has 23 heavy (non-hydrogen) atoms. The van der Waals surface area contributed by atoms with Crippen molar-refractivity contribution in [1.29, 1.82) is 0 Å². The summed E-state index contributed by atoms with van der Waals surface area (Å²) >= 11 is 0. The number of benzene rings is 1. The fourth-order valence-corrected chi connectivity index (χ4v) is 3.52. The number of oxazole rings is 1. The van der Waals surface area contributed by atoms with Crippen LogP contribution >= 0.6 is 0 Å². The number of aromatic nitrogens is 1. The first-order valence-electron chi connectivity index (χ1n) is 7.81. The van der Waals surface area contributed by atoms with Gasteiger partial charge in [-0.05, 0) is 25.0 Å². The van der Waals surface area contributed by atoms with E-state index in [1.807, 2.05) is 0 Å². The summed E-state index contributed by atoms with van der Waals surface area (Å²) in [6, 6.07) is 4.84. The van der Waals surface area contributed by atoms with Gasteiger partial charge in [-0.15, -0.1) is 0 Å². The first-order chi connectivity index (χ1) is 11.1. The Morgan fingerprint density at radius 1 is 1.22 bits per heavy atom. The van der Waals surface area contributed by atoms with Gasteiger partial charge in [0.25, 0.3) is 0 Å². The Kier molecular flexibility index (Phi) is 3.28. The molecular formula is C16H18N2O5. The zero-order valence-corrected chi connectivity index (χ0v) is 12.6. The lowest BCUT2D eigenvalue weighted by molar-refractivity contribution is -0.180. The Morgan fingerprint density at radius 2 is 1.91 bits per heavy atom. The third-order valence-electron chi connectivity index (χ3n) is 4.74. The number of carbonyl (C=O) groups excluding carboxylic acids is 1. The van der Waals surface area contributed by atoms with Gasteiger partial charge >= 0.3 is 5.76 Å². The molecule has 4 rings (SSSR count). The number of nitrogens with zero attached hydrogens (tertiary/aromatic N) is 1. The Balaban J connectivity index is 1.60. The predicted octanol–water partition coefficient (Wildman–Crippen LogP) is 1.75. The second-order valence-corrected chi connectivity index (χ2v) is 6.15. The van der Waals surface area contributed by atoms with Gasteiger partial charge in [0.2, 0.25) is 5.91 Å². The highest BCUT2D eigenvalue weighted by Gasteiger charge is 2.42. The van der Waals surface area contributed by atoms with Crippen molar-refractivity contribution in [3.05, 3.63) is 28.7 Å².